The largest absolute Gasteiger partial charge is 0.348 e. The number of amides is 1. The van der Waals surface area contributed by atoms with E-state index >= 15 is 0 Å². The summed E-state index contributed by atoms with van der Waals surface area (Å²) in [6, 6.07) is 5.58. The molecule has 4 aromatic rings. The van der Waals surface area contributed by atoms with E-state index in [1.165, 1.54) is 0 Å². The number of H-pyrrole nitrogens is 2. The molecule has 0 aliphatic carbocycles. The molecule has 3 N–H and O–H groups in total. The van der Waals surface area contributed by atoms with Gasteiger partial charge >= 0.3 is 0 Å². The first-order valence-electron chi connectivity index (χ1n) is 13.2. The van der Waals surface area contributed by atoms with Gasteiger partial charge in [-0.1, -0.05) is 19.9 Å². The van der Waals surface area contributed by atoms with Gasteiger partial charge in [0, 0.05) is 51.5 Å². The van der Waals surface area contributed by atoms with E-state index in [1.54, 1.807) is 24.7 Å². The highest BCUT2D eigenvalue weighted by Crippen LogP contribution is 2.15. The Labute approximate surface area is 222 Å². The molecule has 0 spiro atoms. The van der Waals surface area contributed by atoms with E-state index in [0.29, 0.717) is 37.1 Å². The lowest BCUT2D eigenvalue weighted by molar-refractivity contribution is 0.0938. The lowest BCUT2D eigenvalue weighted by Crippen LogP contribution is -2.36. The number of aryl methyl sites for hydroxylation is 1. The van der Waals surface area contributed by atoms with Crippen LogP contribution in [0, 0.1) is 0 Å². The van der Waals surface area contributed by atoms with E-state index in [4.69, 9.17) is 0 Å². The number of fused-ring (bicyclic) bond motifs is 1. The van der Waals surface area contributed by atoms with Crippen molar-refractivity contribution in [2.75, 3.05) is 26.2 Å². The van der Waals surface area contributed by atoms with Gasteiger partial charge in [0.15, 0.2) is 5.82 Å². The summed E-state index contributed by atoms with van der Waals surface area (Å²) in [6.07, 6.45) is 9.37. The van der Waals surface area contributed by atoms with Crippen LogP contribution in [0.15, 0.2) is 47.8 Å². The monoisotopic (exact) mass is 519 g/mol. The summed E-state index contributed by atoms with van der Waals surface area (Å²) >= 11 is 0. The van der Waals surface area contributed by atoms with Crippen molar-refractivity contribution in [2.24, 2.45) is 7.05 Å². The van der Waals surface area contributed by atoms with E-state index < -0.39 is 0 Å². The Morgan fingerprint density at radius 2 is 1.84 bits per heavy atom. The molecule has 0 aliphatic rings. The van der Waals surface area contributed by atoms with Crippen LogP contribution in [0.4, 0.5) is 0 Å². The topological polar surface area (TPSA) is 128 Å². The zero-order valence-electron chi connectivity index (χ0n) is 22.4. The minimum Gasteiger partial charge on any atom is -0.348 e. The predicted octanol–water partition coefficient (Wildman–Crippen LogP) is 2.43. The summed E-state index contributed by atoms with van der Waals surface area (Å²) in [7, 11) is 1.97. The number of nitrogens with zero attached hydrogens (tertiary/aromatic N) is 6. The predicted molar refractivity (Wildman–Crippen MR) is 146 cm³/mol. The lowest BCUT2D eigenvalue weighted by Gasteiger charge is -2.21. The van der Waals surface area contributed by atoms with Gasteiger partial charge in [-0.3, -0.25) is 14.5 Å². The third-order valence-corrected chi connectivity index (χ3v) is 6.40. The van der Waals surface area contributed by atoms with Gasteiger partial charge in [-0.25, -0.2) is 15.0 Å². The van der Waals surface area contributed by atoms with Gasteiger partial charge in [0.1, 0.15) is 11.6 Å². The number of carbonyl (C=O) groups excluding carboxylic acids is 1. The lowest BCUT2D eigenvalue weighted by atomic mass is 10.1. The normalized spacial score (nSPS) is 11.6. The molecule has 3 heterocycles. The summed E-state index contributed by atoms with van der Waals surface area (Å²) in [6.45, 7) is 9.35. The van der Waals surface area contributed by atoms with Crippen molar-refractivity contribution < 1.29 is 4.79 Å². The van der Waals surface area contributed by atoms with E-state index in [9.17, 15) is 9.59 Å². The van der Waals surface area contributed by atoms with E-state index in [0.717, 1.165) is 49.7 Å². The van der Waals surface area contributed by atoms with Crippen LogP contribution in [0.2, 0.25) is 0 Å². The molecule has 1 aromatic carbocycles. The van der Waals surface area contributed by atoms with Crippen LogP contribution < -0.4 is 10.9 Å². The fraction of sp³-hybridized carbons (Fsp3) is 0.444. The molecule has 4 rings (SSSR count). The maximum Gasteiger partial charge on any atom is 0.287 e. The number of aromatic amines is 2. The van der Waals surface area contributed by atoms with Gasteiger partial charge in [-0.2, -0.15) is 0 Å². The van der Waals surface area contributed by atoms with Crippen LogP contribution in [0.1, 0.15) is 54.5 Å². The Kier molecular flexibility index (Phi) is 9.39. The van der Waals surface area contributed by atoms with Gasteiger partial charge in [0.05, 0.1) is 24.0 Å². The molecule has 0 atom stereocenters. The minimum absolute atomic E-state index is 0.0296. The average Bonchev–Trinajstić information content (AvgIpc) is 3.56. The van der Waals surface area contributed by atoms with E-state index in [1.807, 2.05) is 29.9 Å². The Hall–Kier alpha value is -3.83. The molecule has 11 heteroatoms. The first-order chi connectivity index (χ1) is 18.5. The highest BCUT2D eigenvalue weighted by Gasteiger charge is 2.15. The number of benzene rings is 1. The molecule has 1 amide bonds. The van der Waals surface area contributed by atoms with Crippen molar-refractivity contribution in [3.8, 4) is 0 Å². The van der Waals surface area contributed by atoms with Crippen molar-refractivity contribution in [1.82, 2.24) is 44.6 Å². The Morgan fingerprint density at radius 3 is 2.53 bits per heavy atom. The summed E-state index contributed by atoms with van der Waals surface area (Å²) in [5.41, 5.74) is 1.11. The second-order valence-corrected chi connectivity index (χ2v) is 9.50. The van der Waals surface area contributed by atoms with Crippen LogP contribution >= 0.6 is 0 Å². The number of hydrogen-bond donors (Lipinski definition) is 3. The fourth-order valence-corrected chi connectivity index (χ4v) is 4.54. The highest BCUT2D eigenvalue weighted by atomic mass is 16.2. The maximum atomic E-state index is 12.9. The third kappa shape index (κ3) is 7.14. The van der Waals surface area contributed by atoms with Gasteiger partial charge < -0.3 is 24.8 Å². The molecule has 0 radical (unpaired) electrons. The summed E-state index contributed by atoms with van der Waals surface area (Å²) in [5, 5.41) is 3.34. The van der Waals surface area contributed by atoms with Gasteiger partial charge in [-0.05, 0) is 43.6 Å². The standard InChI is InChI=1S/C27H37N9O2/c1-4-12-35(13-5-2)15-11-31-27(38)25-32-22-7-6-20(16-21(22)26(37)33-25)17-36(18-23-28-8-9-29-23)19-24-30-10-14-34(24)3/h6-10,14,16H,4-5,11-13,15,17-19H2,1-3H3,(H,28,29)(H,31,38)(H,32,33,37). The Balaban J connectivity index is 1.46. The minimum atomic E-state index is -0.374. The van der Waals surface area contributed by atoms with Crippen LogP contribution in [-0.2, 0) is 26.7 Å². The SMILES string of the molecule is CCCN(CCC)CCNC(=O)c1nc2ccc(CN(Cc3ncc[nH]3)Cc3nccn3C)cc2c(=O)[nH]1. The zero-order valence-corrected chi connectivity index (χ0v) is 22.4. The van der Waals surface area contributed by atoms with Crippen LogP contribution in [-0.4, -0.2) is 71.4 Å². The number of imidazole rings is 2. The highest BCUT2D eigenvalue weighted by molar-refractivity contribution is 5.92. The molecule has 0 aliphatic heterocycles. The Bertz CT molecular complexity index is 1370. The second-order valence-electron chi connectivity index (χ2n) is 9.50. The molecular formula is C27H37N9O2. The molecule has 0 saturated carbocycles. The third-order valence-electron chi connectivity index (χ3n) is 6.40. The van der Waals surface area contributed by atoms with E-state index in [2.05, 4.69) is 53.9 Å². The number of carbonyl (C=O) groups is 1. The first-order valence-corrected chi connectivity index (χ1v) is 13.2. The quantitative estimate of drug-likeness (QED) is 0.233. The van der Waals surface area contributed by atoms with Crippen LogP contribution in [0.25, 0.3) is 10.9 Å². The van der Waals surface area contributed by atoms with Crippen LogP contribution in [0.3, 0.4) is 0 Å². The van der Waals surface area contributed by atoms with Gasteiger partial charge in [0.2, 0.25) is 0 Å². The number of hydrogen-bond acceptors (Lipinski definition) is 7. The first kappa shape index (κ1) is 27.2. The number of rotatable bonds is 14. The second kappa shape index (κ2) is 13.1. The fourth-order valence-electron chi connectivity index (χ4n) is 4.54. The molecule has 0 saturated heterocycles. The summed E-state index contributed by atoms with van der Waals surface area (Å²) in [5.74, 6) is 1.44. The van der Waals surface area contributed by atoms with Crippen molar-refractivity contribution in [2.45, 2.75) is 46.3 Å². The zero-order chi connectivity index (χ0) is 26.9. The maximum absolute atomic E-state index is 12.9. The summed E-state index contributed by atoms with van der Waals surface area (Å²) in [4.78, 5) is 49.2. The molecule has 11 nitrogen and oxygen atoms in total. The number of aromatic nitrogens is 6. The average molecular weight is 520 g/mol. The Morgan fingerprint density at radius 1 is 1.03 bits per heavy atom. The van der Waals surface area contributed by atoms with Crippen molar-refractivity contribution in [3.63, 3.8) is 0 Å². The molecule has 202 valence electrons. The molecule has 0 fully saturated rings. The van der Waals surface area contributed by atoms with Crippen molar-refractivity contribution >= 4 is 16.8 Å². The molecular weight excluding hydrogens is 482 g/mol. The number of nitrogens with one attached hydrogen (secondary N) is 3. The molecule has 0 unspecified atom stereocenters. The van der Waals surface area contributed by atoms with Crippen molar-refractivity contribution in [1.29, 1.82) is 0 Å². The smallest absolute Gasteiger partial charge is 0.287 e. The molecule has 0 bridgehead atoms. The summed E-state index contributed by atoms with van der Waals surface area (Å²) < 4.78 is 1.99. The van der Waals surface area contributed by atoms with E-state index in [-0.39, 0.29) is 17.3 Å². The van der Waals surface area contributed by atoms with Gasteiger partial charge in [-0.15, -0.1) is 0 Å². The van der Waals surface area contributed by atoms with Gasteiger partial charge in [0.25, 0.3) is 11.5 Å². The van der Waals surface area contributed by atoms with Crippen molar-refractivity contribution in [3.05, 3.63) is 76.4 Å². The molecule has 3 aromatic heterocycles. The van der Waals surface area contributed by atoms with Crippen LogP contribution in [0.5, 0.6) is 0 Å². The molecule has 38 heavy (non-hydrogen) atoms.